The summed E-state index contributed by atoms with van der Waals surface area (Å²) in [7, 11) is 0. The van der Waals surface area contributed by atoms with E-state index in [0.717, 1.165) is 12.1 Å². The number of carbonyl (C=O) groups excluding carboxylic acids is 2. The predicted molar refractivity (Wildman–Crippen MR) is 113 cm³/mol. The molecule has 4 rings (SSSR count). The zero-order chi connectivity index (χ0) is 22.9. The Hall–Kier alpha value is -4.21. The molecule has 0 fully saturated rings. The molecule has 0 radical (unpaired) electrons. The van der Waals surface area contributed by atoms with Crippen molar-refractivity contribution in [2.24, 2.45) is 0 Å². The largest absolute Gasteiger partial charge is 0.416 e. The maximum absolute atomic E-state index is 13.0. The predicted octanol–water partition coefficient (Wildman–Crippen LogP) is 5.26. The molecule has 162 valence electrons. The first-order valence-electron chi connectivity index (χ1n) is 9.42. The molecule has 32 heavy (non-hydrogen) atoms. The third kappa shape index (κ3) is 4.59. The molecular weight excluding hydrogens is 423 g/mol. The SMILES string of the molecule is CC(=O)c1cccc(NC(=O)Nc2ccc3nc(-c4cccc(C(F)(F)F)c4)nn3c2)c1. The van der Waals surface area contributed by atoms with Gasteiger partial charge in [0.25, 0.3) is 0 Å². The van der Waals surface area contributed by atoms with E-state index >= 15 is 0 Å². The standard InChI is InChI=1S/C22H16F3N5O2/c1-13(31)14-4-3-7-17(11-14)26-21(32)27-18-8-9-19-28-20(29-30(19)12-18)15-5-2-6-16(10-15)22(23,24)25/h2-12H,1H3,(H2,26,27,32). The number of carbonyl (C=O) groups is 2. The second-order valence-electron chi connectivity index (χ2n) is 6.95. The zero-order valence-corrected chi connectivity index (χ0v) is 16.6. The third-order valence-corrected chi connectivity index (χ3v) is 4.56. The topological polar surface area (TPSA) is 88.4 Å². The van der Waals surface area contributed by atoms with Crippen molar-refractivity contribution in [1.82, 2.24) is 14.6 Å². The van der Waals surface area contributed by atoms with E-state index in [1.807, 2.05) is 0 Å². The van der Waals surface area contributed by atoms with Crippen LogP contribution in [0.25, 0.3) is 17.0 Å². The number of ketones is 1. The molecule has 0 aliphatic heterocycles. The quantitative estimate of drug-likeness (QED) is 0.425. The third-order valence-electron chi connectivity index (χ3n) is 4.56. The molecule has 0 aliphatic carbocycles. The monoisotopic (exact) mass is 439 g/mol. The molecule has 0 saturated heterocycles. The van der Waals surface area contributed by atoms with E-state index in [4.69, 9.17) is 0 Å². The summed E-state index contributed by atoms with van der Waals surface area (Å²) in [4.78, 5) is 28.0. The average Bonchev–Trinajstić information content (AvgIpc) is 3.17. The first kappa shape index (κ1) is 21.0. The van der Waals surface area contributed by atoms with Crippen LogP contribution in [0.15, 0.2) is 66.9 Å². The smallest absolute Gasteiger partial charge is 0.308 e. The van der Waals surface area contributed by atoms with Crippen LogP contribution < -0.4 is 10.6 Å². The lowest BCUT2D eigenvalue weighted by Gasteiger charge is -2.08. The van der Waals surface area contributed by atoms with Gasteiger partial charge in [0, 0.05) is 16.8 Å². The van der Waals surface area contributed by atoms with Gasteiger partial charge in [0.1, 0.15) is 0 Å². The highest BCUT2D eigenvalue weighted by molar-refractivity contribution is 6.01. The summed E-state index contributed by atoms with van der Waals surface area (Å²) in [6.07, 6.45) is -2.98. The number of nitrogens with zero attached hydrogens (tertiary/aromatic N) is 3. The van der Waals surface area contributed by atoms with Gasteiger partial charge >= 0.3 is 12.2 Å². The Kier molecular flexibility index (Phi) is 5.35. The molecule has 0 aliphatic rings. The number of hydrogen-bond acceptors (Lipinski definition) is 4. The summed E-state index contributed by atoms with van der Waals surface area (Å²) in [5.74, 6) is 0.000941. The number of hydrogen-bond donors (Lipinski definition) is 2. The molecule has 4 aromatic rings. The van der Waals surface area contributed by atoms with Gasteiger partial charge in [0.05, 0.1) is 17.4 Å². The first-order valence-corrected chi connectivity index (χ1v) is 9.42. The second-order valence-corrected chi connectivity index (χ2v) is 6.95. The summed E-state index contributed by atoms with van der Waals surface area (Å²) in [5, 5.41) is 9.49. The summed E-state index contributed by atoms with van der Waals surface area (Å²) < 4.78 is 40.3. The molecular formula is C22H16F3N5O2. The Bertz CT molecular complexity index is 1330. The molecule has 2 heterocycles. The molecule has 10 heteroatoms. The van der Waals surface area contributed by atoms with E-state index in [1.54, 1.807) is 36.4 Å². The lowest BCUT2D eigenvalue weighted by atomic mass is 10.1. The van der Waals surface area contributed by atoms with Gasteiger partial charge in [-0.05, 0) is 43.3 Å². The van der Waals surface area contributed by atoms with Crippen LogP contribution in [0.2, 0.25) is 0 Å². The van der Waals surface area contributed by atoms with Crippen molar-refractivity contribution in [3.63, 3.8) is 0 Å². The molecule has 2 aromatic carbocycles. The van der Waals surface area contributed by atoms with Crippen LogP contribution in [-0.4, -0.2) is 26.4 Å². The number of Topliss-reactive ketones (excluding diaryl/α,β-unsaturated/α-hetero) is 1. The number of pyridine rings is 1. The van der Waals surface area contributed by atoms with Crippen molar-refractivity contribution in [1.29, 1.82) is 0 Å². The number of urea groups is 1. The van der Waals surface area contributed by atoms with Gasteiger partial charge in [-0.25, -0.2) is 14.3 Å². The number of halogens is 3. The number of amides is 2. The van der Waals surface area contributed by atoms with Crippen molar-refractivity contribution >= 4 is 28.8 Å². The van der Waals surface area contributed by atoms with Crippen molar-refractivity contribution < 1.29 is 22.8 Å². The van der Waals surface area contributed by atoms with Gasteiger partial charge in [-0.1, -0.05) is 24.3 Å². The van der Waals surface area contributed by atoms with Crippen LogP contribution in [0.1, 0.15) is 22.8 Å². The fourth-order valence-electron chi connectivity index (χ4n) is 3.02. The second kappa shape index (κ2) is 8.14. The Balaban J connectivity index is 1.53. The highest BCUT2D eigenvalue weighted by Crippen LogP contribution is 2.31. The molecule has 0 atom stereocenters. The number of rotatable bonds is 4. The number of aromatic nitrogens is 3. The number of alkyl halides is 3. The molecule has 2 amide bonds. The molecule has 0 unspecified atom stereocenters. The van der Waals surface area contributed by atoms with E-state index < -0.39 is 17.8 Å². The van der Waals surface area contributed by atoms with E-state index in [9.17, 15) is 22.8 Å². The maximum Gasteiger partial charge on any atom is 0.416 e. The van der Waals surface area contributed by atoms with Crippen molar-refractivity contribution in [2.45, 2.75) is 13.1 Å². The van der Waals surface area contributed by atoms with Crippen LogP contribution in [0.5, 0.6) is 0 Å². The van der Waals surface area contributed by atoms with E-state index in [-0.39, 0.29) is 17.2 Å². The van der Waals surface area contributed by atoms with Gasteiger partial charge in [-0.15, -0.1) is 5.10 Å². The summed E-state index contributed by atoms with van der Waals surface area (Å²) in [5.41, 5.74) is 1.14. The lowest BCUT2D eigenvalue weighted by Crippen LogP contribution is -2.19. The minimum atomic E-state index is -4.47. The summed E-state index contributed by atoms with van der Waals surface area (Å²) in [6, 6.07) is 13.9. The highest BCUT2D eigenvalue weighted by atomic mass is 19.4. The fraction of sp³-hybridized carbons (Fsp3) is 0.0909. The number of nitrogens with one attached hydrogen (secondary N) is 2. The molecule has 2 N–H and O–H groups in total. The van der Waals surface area contributed by atoms with Crippen molar-refractivity contribution in [3.8, 4) is 11.4 Å². The van der Waals surface area contributed by atoms with Crippen molar-refractivity contribution in [2.75, 3.05) is 10.6 Å². The highest BCUT2D eigenvalue weighted by Gasteiger charge is 2.30. The van der Waals surface area contributed by atoms with Crippen LogP contribution in [0, 0.1) is 0 Å². The Labute approximate surface area is 179 Å². The van der Waals surface area contributed by atoms with Crippen LogP contribution in [-0.2, 0) is 6.18 Å². The van der Waals surface area contributed by atoms with E-state index in [1.165, 1.54) is 29.8 Å². The zero-order valence-electron chi connectivity index (χ0n) is 16.6. The average molecular weight is 439 g/mol. The number of benzene rings is 2. The lowest BCUT2D eigenvalue weighted by molar-refractivity contribution is -0.137. The Morgan fingerprint density at radius 1 is 0.938 bits per heavy atom. The van der Waals surface area contributed by atoms with Gasteiger partial charge in [0.15, 0.2) is 17.3 Å². The van der Waals surface area contributed by atoms with Gasteiger partial charge < -0.3 is 10.6 Å². The molecule has 0 saturated carbocycles. The Morgan fingerprint density at radius 3 is 2.44 bits per heavy atom. The minimum Gasteiger partial charge on any atom is -0.308 e. The first-order chi connectivity index (χ1) is 15.2. The van der Waals surface area contributed by atoms with E-state index in [2.05, 4.69) is 20.7 Å². The summed E-state index contributed by atoms with van der Waals surface area (Å²) in [6.45, 7) is 1.43. The summed E-state index contributed by atoms with van der Waals surface area (Å²) >= 11 is 0. The van der Waals surface area contributed by atoms with Gasteiger partial charge in [0.2, 0.25) is 0 Å². The number of anilines is 2. The van der Waals surface area contributed by atoms with Crippen LogP contribution in [0.3, 0.4) is 0 Å². The maximum atomic E-state index is 13.0. The van der Waals surface area contributed by atoms with E-state index in [0.29, 0.717) is 22.6 Å². The minimum absolute atomic E-state index is 0.123. The molecule has 2 aromatic heterocycles. The number of fused-ring (bicyclic) bond motifs is 1. The Morgan fingerprint density at radius 2 is 1.69 bits per heavy atom. The van der Waals surface area contributed by atoms with Gasteiger partial charge in [-0.3, -0.25) is 4.79 Å². The van der Waals surface area contributed by atoms with Crippen molar-refractivity contribution in [3.05, 3.63) is 78.0 Å². The molecule has 0 bridgehead atoms. The fourth-order valence-corrected chi connectivity index (χ4v) is 3.02. The van der Waals surface area contributed by atoms with Crippen LogP contribution >= 0.6 is 0 Å². The van der Waals surface area contributed by atoms with Crippen LogP contribution in [0.4, 0.5) is 29.3 Å². The normalized spacial score (nSPS) is 11.4. The molecule has 7 nitrogen and oxygen atoms in total. The molecule has 0 spiro atoms. The van der Waals surface area contributed by atoms with Gasteiger partial charge in [-0.2, -0.15) is 13.2 Å².